The maximum absolute atomic E-state index is 13.8. The molecule has 10 atom stereocenters. The number of aliphatic hydroxyl groups is 2. The number of nitrogens with one attached hydrogen (secondary N) is 2. The highest BCUT2D eigenvalue weighted by Crippen LogP contribution is 2.41. The molecule has 0 spiro atoms. The standard InChI is InChI=1S/C40H53N3O5.C37H46N4O4/c1-26-38(48-27(2)41-26)19-18-35(44)30-16-11-17-31(21-30)36(45)23-33(20-28-12-7-6-8-13-28)37(46)25-43-24-32-15-10-9-14-29(32)22-34(43)39(47)42-40(3,4)5;1-39-37(45)33-20-27-11-5-6-12-28(27)23-41(33)24-36(44)29(16-25-8-3-2-4-9-25)21-35(43)31-17-30(18-32(38)19-31)34(42)14-13-26-10-7-15-40-22-26/h6-8,11-13,16-17,21,29,32-34,37,46H,9-10,14-15,18-20,22-25H2,1-5H3,(H,42,47);2-4,7-10,15,17-19,22,27-29,33,36,44H,5-6,11-14,16,20-21,23-24,38H2,1H3,(H,39,45)/t29-,32+,33+,34-,37+;27-,28+,29+,33-,36+/m00/s1. The number of anilines is 1. The van der Waals surface area contributed by atoms with E-state index in [1.165, 1.54) is 25.7 Å². The summed E-state index contributed by atoms with van der Waals surface area (Å²) in [5.74, 6) is 2.23. The van der Waals surface area contributed by atoms with E-state index in [2.05, 4.69) is 30.4 Å². The molecule has 2 saturated heterocycles. The number of benzene rings is 4. The van der Waals surface area contributed by atoms with Gasteiger partial charge in [-0.2, -0.15) is 0 Å². The molecule has 496 valence electrons. The van der Waals surface area contributed by atoms with E-state index in [1.54, 1.807) is 68.8 Å². The van der Waals surface area contributed by atoms with E-state index in [-0.39, 0.29) is 90.1 Å². The molecule has 16 heteroatoms. The molecule has 2 aromatic heterocycles. The van der Waals surface area contributed by atoms with Crippen LogP contribution in [0.1, 0.15) is 186 Å². The Morgan fingerprint density at radius 3 is 1.57 bits per heavy atom. The molecule has 0 radical (unpaired) electrons. The Hall–Kier alpha value is -7.50. The summed E-state index contributed by atoms with van der Waals surface area (Å²) < 4.78 is 5.63. The predicted molar refractivity (Wildman–Crippen MR) is 363 cm³/mol. The molecule has 6 aromatic rings. The molecular weight excluding hydrogens is 1170 g/mol. The van der Waals surface area contributed by atoms with Gasteiger partial charge in [-0.25, -0.2) is 4.98 Å². The van der Waals surface area contributed by atoms with Gasteiger partial charge in [-0.05, 0) is 155 Å². The molecular formula is C77H99N7O9. The number of aromatic nitrogens is 2. The lowest BCUT2D eigenvalue weighted by molar-refractivity contribution is -0.133. The van der Waals surface area contributed by atoms with Gasteiger partial charge in [0, 0.05) is 118 Å². The molecule has 2 amide bonds. The number of hydrogen-bond donors (Lipinski definition) is 5. The van der Waals surface area contributed by atoms with Crippen LogP contribution in [0, 0.1) is 49.4 Å². The third-order valence-electron chi connectivity index (χ3n) is 19.9. The number of fused-ring (bicyclic) bond motifs is 2. The number of carbonyl (C=O) groups is 6. The third kappa shape index (κ3) is 20.0. The number of oxazole rings is 1. The van der Waals surface area contributed by atoms with E-state index in [1.807, 2.05) is 100 Å². The van der Waals surface area contributed by atoms with Gasteiger partial charge in [0.05, 0.1) is 30.0 Å². The van der Waals surface area contributed by atoms with Crippen molar-refractivity contribution in [1.29, 1.82) is 0 Å². The van der Waals surface area contributed by atoms with Gasteiger partial charge in [-0.1, -0.05) is 123 Å². The fraction of sp³-hybridized carbons (Fsp3) is 0.506. The monoisotopic (exact) mass is 1270 g/mol. The largest absolute Gasteiger partial charge is 0.446 e. The molecule has 2 aliphatic heterocycles. The zero-order valence-electron chi connectivity index (χ0n) is 55.6. The molecule has 6 N–H and O–H groups in total. The van der Waals surface area contributed by atoms with Crippen LogP contribution in [0.4, 0.5) is 5.69 Å². The Balaban J connectivity index is 0.000000220. The lowest BCUT2D eigenvalue weighted by Gasteiger charge is -2.47. The van der Waals surface area contributed by atoms with Gasteiger partial charge < -0.3 is 31.0 Å². The summed E-state index contributed by atoms with van der Waals surface area (Å²) in [5.41, 5.74) is 11.7. The Bertz CT molecular complexity index is 3460. The molecule has 16 nitrogen and oxygen atoms in total. The molecule has 4 aliphatic rings. The Kier molecular flexibility index (Phi) is 24.8. The first kappa shape index (κ1) is 69.8. The number of aliphatic hydroxyl groups excluding tert-OH is 2. The lowest BCUT2D eigenvalue weighted by atomic mass is 9.72. The molecule has 0 unspecified atom stereocenters. The van der Waals surface area contributed by atoms with E-state index < -0.39 is 12.2 Å². The summed E-state index contributed by atoms with van der Waals surface area (Å²) in [6.07, 6.45) is 15.7. The van der Waals surface area contributed by atoms with E-state index in [0.29, 0.717) is 102 Å². The minimum absolute atomic E-state index is 0.0117. The highest BCUT2D eigenvalue weighted by Gasteiger charge is 2.43. The van der Waals surface area contributed by atoms with Gasteiger partial charge in [0.25, 0.3) is 0 Å². The Morgan fingerprint density at radius 1 is 0.591 bits per heavy atom. The molecule has 93 heavy (non-hydrogen) atoms. The summed E-state index contributed by atoms with van der Waals surface area (Å²) in [6.45, 7) is 11.9. The van der Waals surface area contributed by atoms with Crippen LogP contribution in [-0.2, 0) is 35.3 Å². The zero-order valence-corrected chi connectivity index (χ0v) is 55.6. The fourth-order valence-electron chi connectivity index (χ4n) is 14.9. The highest BCUT2D eigenvalue weighted by molar-refractivity contribution is 6.03. The maximum Gasteiger partial charge on any atom is 0.237 e. The number of pyridine rings is 1. The van der Waals surface area contributed by atoms with Gasteiger partial charge in [-0.3, -0.25) is 43.6 Å². The number of Topliss-reactive ketones (excluding diaryl/α,β-unsaturated/α-hetero) is 4. The number of rotatable bonds is 26. The maximum atomic E-state index is 13.8. The zero-order chi connectivity index (χ0) is 66.2. The van der Waals surface area contributed by atoms with Crippen LogP contribution in [0.5, 0.6) is 0 Å². The van der Waals surface area contributed by atoms with Gasteiger partial charge in [0.15, 0.2) is 29.0 Å². The average Bonchev–Trinajstić information content (AvgIpc) is 1.32. The van der Waals surface area contributed by atoms with Crippen molar-refractivity contribution in [1.82, 2.24) is 30.4 Å². The first-order valence-corrected chi connectivity index (χ1v) is 34.1. The molecule has 4 aromatic carbocycles. The highest BCUT2D eigenvalue weighted by atomic mass is 16.4. The number of piperidine rings is 2. The van der Waals surface area contributed by atoms with Crippen LogP contribution >= 0.6 is 0 Å². The number of nitrogens with two attached hydrogens (primary N) is 1. The quantitative estimate of drug-likeness (QED) is 0.0251. The van der Waals surface area contributed by atoms with Crippen LogP contribution in [0.25, 0.3) is 0 Å². The SMILES string of the molecule is CNC(=O)[C@@H]1C[C@@H]2CCCC[C@@H]2CN1C[C@@H](O)[C@@H](CC(=O)c1cc(N)cc(C(=O)CCc2cccnc2)c1)Cc1ccccc1.Cc1nc(C)c(CCC(=O)c2cccc(C(=O)C[C@@H](Cc3ccccc3)[C@H](O)CN3C[C@H]4CCCC[C@H]4C[C@H]3C(=O)NC(C)(C)C)c2)o1. The van der Waals surface area contributed by atoms with Crippen molar-refractivity contribution >= 4 is 40.6 Å². The summed E-state index contributed by atoms with van der Waals surface area (Å²) >= 11 is 0. The van der Waals surface area contributed by atoms with Crippen molar-refractivity contribution in [2.45, 2.75) is 180 Å². The minimum atomic E-state index is -0.830. The first-order valence-electron chi connectivity index (χ1n) is 34.1. The van der Waals surface area contributed by atoms with Gasteiger partial charge >= 0.3 is 0 Å². The molecule has 4 fully saturated rings. The van der Waals surface area contributed by atoms with Crippen LogP contribution in [0.15, 0.2) is 132 Å². The summed E-state index contributed by atoms with van der Waals surface area (Å²) in [4.78, 5) is 93.2. The second-order valence-electron chi connectivity index (χ2n) is 28.0. The first-order chi connectivity index (χ1) is 44.7. The average molecular weight is 1270 g/mol. The van der Waals surface area contributed by atoms with Crippen LogP contribution in [-0.4, -0.2) is 128 Å². The number of nitrogen functional groups attached to an aromatic ring is 1. The molecule has 2 aliphatic carbocycles. The number of β-amino-alcohol motifs (C(OH)–C–C–N with tert-alkyl or cyclic N) is 2. The van der Waals surface area contributed by atoms with Crippen LogP contribution in [0.2, 0.25) is 0 Å². The van der Waals surface area contributed by atoms with Crippen molar-refractivity contribution in [3.05, 3.63) is 184 Å². The lowest BCUT2D eigenvalue weighted by Crippen LogP contribution is -2.59. The molecule has 10 rings (SSSR count). The topological polar surface area (TPSA) is 238 Å². The molecule has 4 heterocycles. The van der Waals surface area contributed by atoms with Crippen molar-refractivity contribution in [3.8, 4) is 0 Å². The normalized spacial score (nSPS) is 21.3. The van der Waals surface area contributed by atoms with Gasteiger partial charge in [0.2, 0.25) is 11.8 Å². The van der Waals surface area contributed by atoms with E-state index in [4.69, 9.17) is 10.2 Å². The van der Waals surface area contributed by atoms with E-state index >= 15 is 0 Å². The fourth-order valence-corrected chi connectivity index (χ4v) is 14.9. The number of carbonyl (C=O) groups excluding carboxylic acids is 6. The predicted octanol–water partition coefficient (Wildman–Crippen LogP) is 11.6. The van der Waals surface area contributed by atoms with Crippen molar-refractivity contribution in [3.63, 3.8) is 0 Å². The smallest absolute Gasteiger partial charge is 0.237 e. The molecule has 0 bridgehead atoms. The number of nitrogens with zero attached hydrogens (tertiary/aromatic N) is 4. The number of likely N-dealkylation sites (N-methyl/N-ethyl adjacent to an activating group) is 1. The summed E-state index contributed by atoms with van der Waals surface area (Å²) in [7, 11) is 1.67. The van der Waals surface area contributed by atoms with E-state index in [0.717, 1.165) is 74.0 Å². The number of hydrogen-bond acceptors (Lipinski definition) is 14. The number of amides is 2. The van der Waals surface area contributed by atoms with Gasteiger partial charge in [-0.15, -0.1) is 0 Å². The van der Waals surface area contributed by atoms with Crippen LogP contribution in [0.3, 0.4) is 0 Å². The van der Waals surface area contributed by atoms with Crippen LogP contribution < -0.4 is 16.4 Å². The second kappa shape index (κ2) is 33.1. The number of likely N-dealkylation sites (tertiary alicyclic amines) is 2. The van der Waals surface area contributed by atoms with Crippen molar-refractivity contribution in [2.75, 3.05) is 39.0 Å². The number of ketones is 4. The number of aryl methyl sites for hydroxylation is 4. The Morgan fingerprint density at radius 2 is 1.06 bits per heavy atom. The van der Waals surface area contributed by atoms with Gasteiger partial charge in [0.1, 0.15) is 5.76 Å². The third-order valence-corrected chi connectivity index (χ3v) is 19.9. The summed E-state index contributed by atoms with van der Waals surface area (Å²) in [5, 5.41) is 29.7. The van der Waals surface area contributed by atoms with Crippen molar-refractivity contribution in [2.24, 2.45) is 35.5 Å². The van der Waals surface area contributed by atoms with Crippen molar-refractivity contribution < 1.29 is 43.4 Å². The Labute approximate surface area is 550 Å². The second-order valence-corrected chi connectivity index (χ2v) is 28.0. The van der Waals surface area contributed by atoms with E-state index in [9.17, 15) is 39.0 Å². The summed E-state index contributed by atoms with van der Waals surface area (Å²) in [6, 6.07) is 34.8. The molecule has 2 saturated carbocycles. The minimum Gasteiger partial charge on any atom is -0.446 e.